The van der Waals surface area contributed by atoms with Crippen molar-refractivity contribution < 1.29 is 9.53 Å². The summed E-state index contributed by atoms with van der Waals surface area (Å²) in [5.74, 6) is 0.699. The van der Waals surface area contributed by atoms with Crippen molar-refractivity contribution in [2.45, 2.75) is 57.2 Å². The van der Waals surface area contributed by atoms with Crippen molar-refractivity contribution in [1.82, 2.24) is 20.0 Å². The van der Waals surface area contributed by atoms with Gasteiger partial charge in [0, 0.05) is 62.9 Å². The molecule has 0 aromatic carbocycles. The second-order valence-corrected chi connectivity index (χ2v) is 8.00. The molecule has 1 N–H and O–H groups in total. The molecule has 2 aliphatic heterocycles. The lowest BCUT2D eigenvalue weighted by Gasteiger charge is -2.44. The summed E-state index contributed by atoms with van der Waals surface area (Å²) in [4.78, 5) is 15.3. The molecule has 2 saturated heterocycles. The van der Waals surface area contributed by atoms with Gasteiger partial charge in [0.1, 0.15) is 0 Å². The van der Waals surface area contributed by atoms with E-state index in [4.69, 9.17) is 4.74 Å². The number of carbonyl (C=O) groups is 1. The van der Waals surface area contributed by atoms with E-state index < -0.39 is 0 Å². The Morgan fingerprint density at radius 2 is 2.16 bits per heavy atom. The van der Waals surface area contributed by atoms with Crippen molar-refractivity contribution >= 4 is 5.91 Å². The molecule has 0 radical (unpaired) electrons. The Labute approximate surface area is 149 Å². The Kier molecular flexibility index (Phi) is 5.08. The first kappa shape index (κ1) is 17.0. The first-order valence-electron chi connectivity index (χ1n) is 9.81. The predicted molar refractivity (Wildman–Crippen MR) is 94.8 cm³/mol. The molecule has 1 amide bonds. The minimum Gasteiger partial charge on any atom is -0.378 e. The number of aryl methyl sites for hydroxylation is 1. The maximum atomic E-state index is 12.9. The third-order valence-corrected chi connectivity index (χ3v) is 6.16. The number of fused-ring (bicyclic) bond motifs is 1. The third-order valence-electron chi connectivity index (χ3n) is 6.16. The lowest BCUT2D eigenvalue weighted by Crippen LogP contribution is -2.53. The van der Waals surface area contributed by atoms with E-state index in [-0.39, 0.29) is 17.9 Å². The van der Waals surface area contributed by atoms with Crippen molar-refractivity contribution in [2.75, 3.05) is 19.7 Å². The summed E-state index contributed by atoms with van der Waals surface area (Å²) in [7, 11) is 1.95. The summed E-state index contributed by atoms with van der Waals surface area (Å²) in [6, 6.07) is 0.406. The van der Waals surface area contributed by atoms with Crippen LogP contribution in [0.25, 0.3) is 0 Å². The second-order valence-electron chi connectivity index (χ2n) is 8.00. The molecule has 1 saturated carbocycles. The quantitative estimate of drug-likeness (QED) is 0.902. The number of rotatable bonds is 4. The molecule has 1 aromatic heterocycles. The highest BCUT2D eigenvalue weighted by molar-refractivity contribution is 5.79. The molecule has 138 valence electrons. The van der Waals surface area contributed by atoms with Crippen LogP contribution in [0.1, 0.15) is 44.1 Å². The summed E-state index contributed by atoms with van der Waals surface area (Å²) >= 11 is 0. The van der Waals surface area contributed by atoms with Crippen LogP contribution in [0.4, 0.5) is 0 Å². The van der Waals surface area contributed by atoms with Crippen molar-refractivity contribution in [3.8, 4) is 0 Å². The van der Waals surface area contributed by atoms with Gasteiger partial charge in [-0.2, -0.15) is 5.10 Å². The predicted octanol–water partition coefficient (Wildman–Crippen LogP) is 1.71. The van der Waals surface area contributed by atoms with Gasteiger partial charge in [-0.1, -0.05) is 12.8 Å². The normalized spacial score (nSPS) is 31.0. The van der Waals surface area contributed by atoms with Gasteiger partial charge in [-0.3, -0.25) is 14.4 Å². The zero-order chi connectivity index (χ0) is 17.2. The van der Waals surface area contributed by atoms with E-state index in [1.165, 1.54) is 18.4 Å². The van der Waals surface area contributed by atoms with Crippen LogP contribution >= 0.6 is 0 Å². The number of hydrogen-bond donors (Lipinski definition) is 1. The van der Waals surface area contributed by atoms with Crippen LogP contribution in [0.2, 0.25) is 0 Å². The largest absolute Gasteiger partial charge is 0.378 e. The molecule has 3 atom stereocenters. The van der Waals surface area contributed by atoms with Gasteiger partial charge in [0.2, 0.25) is 5.91 Å². The molecule has 1 aromatic rings. The van der Waals surface area contributed by atoms with Crippen molar-refractivity contribution in [1.29, 1.82) is 0 Å². The molecule has 6 heteroatoms. The maximum absolute atomic E-state index is 12.9. The number of carbonyl (C=O) groups excluding carboxylic acids is 1. The minimum absolute atomic E-state index is 0.107. The van der Waals surface area contributed by atoms with E-state index in [2.05, 4.69) is 21.5 Å². The van der Waals surface area contributed by atoms with E-state index in [1.807, 2.05) is 17.9 Å². The molecule has 0 unspecified atom stereocenters. The first-order valence-corrected chi connectivity index (χ1v) is 9.81. The van der Waals surface area contributed by atoms with Crippen LogP contribution in [-0.2, 0) is 23.1 Å². The van der Waals surface area contributed by atoms with Crippen LogP contribution in [0.15, 0.2) is 12.4 Å². The highest BCUT2D eigenvalue weighted by atomic mass is 16.5. The molecule has 4 rings (SSSR count). The van der Waals surface area contributed by atoms with Crippen molar-refractivity contribution in [3.63, 3.8) is 0 Å². The van der Waals surface area contributed by atoms with E-state index in [0.717, 1.165) is 51.9 Å². The number of likely N-dealkylation sites (tertiary alicyclic amines) is 1. The lowest BCUT2D eigenvalue weighted by molar-refractivity contribution is -0.142. The Morgan fingerprint density at radius 1 is 1.32 bits per heavy atom. The molecule has 6 nitrogen and oxygen atoms in total. The summed E-state index contributed by atoms with van der Waals surface area (Å²) < 4.78 is 7.86. The van der Waals surface area contributed by atoms with Gasteiger partial charge in [-0.25, -0.2) is 0 Å². The average Bonchev–Trinajstić information content (AvgIpc) is 3.26. The van der Waals surface area contributed by atoms with Crippen molar-refractivity contribution in [2.24, 2.45) is 18.9 Å². The van der Waals surface area contributed by atoms with E-state index in [1.54, 1.807) is 0 Å². The number of nitrogens with one attached hydrogen (secondary N) is 1. The van der Waals surface area contributed by atoms with Gasteiger partial charge in [0.05, 0.1) is 12.3 Å². The Balaban J connectivity index is 1.39. The Morgan fingerprint density at radius 3 is 2.92 bits per heavy atom. The van der Waals surface area contributed by atoms with Crippen LogP contribution in [-0.4, -0.2) is 52.4 Å². The van der Waals surface area contributed by atoms with Crippen LogP contribution in [0.5, 0.6) is 0 Å². The fraction of sp³-hybridized carbons (Fsp3) is 0.789. The van der Waals surface area contributed by atoms with E-state index in [9.17, 15) is 4.79 Å². The molecule has 3 fully saturated rings. The first-order chi connectivity index (χ1) is 12.2. The number of hydrogen-bond acceptors (Lipinski definition) is 4. The molecule has 25 heavy (non-hydrogen) atoms. The summed E-state index contributed by atoms with van der Waals surface area (Å²) in [5.41, 5.74) is 1.24. The average molecular weight is 346 g/mol. The Hall–Kier alpha value is -1.40. The summed E-state index contributed by atoms with van der Waals surface area (Å²) in [6.07, 6.45) is 11.0. The number of amides is 1. The fourth-order valence-electron chi connectivity index (χ4n) is 4.84. The number of piperidine rings is 1. The van der Waals surface area contributed by atoms with Gasteiger partial charge < -0.3 is 10.1 Å². The third kappa shape index (κ3) is 3.90. The Bertz CT molecular complexity index is 596. The molecule has 1 aliphatic carbocycles. The number of ether oxygens (including phenoxy) is 1. The maximum Gasteiger partial charge on any atom is 0.223 e. The monoisotopic (exact) mass is 346 g/mol. The van der Waals surface area contributed by atoms with E-state index in [0.29, 0.717) is 12.0 Å². The molecular formula is C19H30N4O2. The molecule has 3 heterocycles. The van der Waals surface area contributed by atoms with E-state index >= 15 is 0 Å². The minimum atomic E-state index is 0.107. The zero-order valence-corrected chi connectivity index (χ0v) is 15.2. The molecule has 0 bridgehead atoms. The van der Waals surface area contributed by atoms with Gasteiger partial charge in [0.25, 0.3) is 0 Å². The van der Waals surface area contributed by atoms with Crippen LogP contribution < -0.4 is 5.32 Å². The van der Waals surface area contributed by atoms with Gasteiger partial charge in [0.15, 0.2) is 0 Å². The van der Waals surface area contributed by atoms with Crippen LogP contribution in [0.3, 0.4) is 0 Å². The van der Waals surface area contributed by atoms with Crippen molar-refractivity contribution in [3.05, 3.63) is 18.0 Å². The van der Waals surface area contributed by atoms with Gasteiger partial charge >= 0.3 is 0 Å². The second kappa shape index (κ2) is 7.46. The molecule has 3 aliphatic rings. The smallest absolute Gasteiger partial charge is 0.223 e. The van der Waals surface area contributed by atoms with Gasteiger partial charge in [-0.15, -0.1) is 0 Å². The topological polar surface area (TPSA) is 59.4 Å². The van der Waals surface area contributed by atoms with Gasteiger partial charge in [-0.05, 0) is 25.7 Å². The SMILES string of the molecule is Cn1cc(CN2CC[C@H]3OCC[C@@H](C(=O)NC4CCCC4)[C@@H]3C2)cn1. The zero-order valence-electron chi connectivity index (χ0n) is 15.2. The summed E-state index contributed by atoms with van der Waals surface area (Å²) in [5, 5.41) is 7.59. The highest BCUT2D eigenvalue weighted by Crippen LogP contribution is 2.34. The molecular weight excluding hydrogens is 316 g/mol. The lowest BCUT2D eigenvalue weighted by atomic mass is 9.78. The molecule has 0 spiro atoms. The number of nitrogens with zero attached hydrogens (tertiary/aromatic N) is 3. The highest BCUT2D eigenvalue weighted by Gasteiger charge is 2.42. The standard InChI is InChI=1S/C19H30N4O2/c1-22-11-14(10-20-22)12-23-8-6-18-17(13-23)16(7-9-25-18)19(24)21-15-4-2-3-5-15/h10-11,15-18H,2-9,12-13H2,1H3,(H,21,24)/t16-,17+,18-/m1/s1. The van der Waals surface area contributed by atoms with Crippen LogP contribution in [0, 0.1) is 11.8 Å². The fourth-order valence-corrected chi connectivity index (χ4v) is 4.84. The summed E-state index contributed by atoms with van der Waals surface area (Å²) in [6.45, 7) is 3.62. The number of aromatic nitrogens is 2.